The topological polar surface area (TPSA) is 49.4 Å². The molecular weight excluding hydrogens is 372 g/mol. The number of nitrogens with one attached hydrogen (secondary N) is 1. The van der Waals surface area contributed by atoms with Gasteiger partial charge in [-0.15, -0.1) is 0 Å². The van der Waals surface area contributed by atoms with Crippen molar-refractivity contribution in [3.8, 4) is 0 Å². The molecule has 2 amide bonds. The van der Waals surface area contributed by atoms with E-state index in [-0.39, 0.29) is 17.9 Å². The summed E-state index contributed by atoms with van der Waals surface area (Å²) in [5.41, 5.74) is 4.92. The zero-order valence-electron chi connectivity index (χ0n) is 17.2. The fourth-order valence-electron chi connectivity index (χ4n) is 3.96. The highest BCUT2D eigenvalue weighted by molar-refractivity contribution is 5.94. The van der Waals surface area contributed by atoms with Crippen LogP contribution >= 0.6 is 0 Å². The molecule has 0 aromatic heterocycles. The van der Waals surface area contributed by atoms with E-state index < -0.39 is 0 Å². The van der Waals surface area contributed by atoms with E-state index in [0.717, 1.165) is 35.2 Å². The third-order valence-electron chi connectivity index (χ3n) is 5.67. The Morgan fingerprint density at radius 1 is 0.967 bits per heavy atom. The minimum absolute atomic E-state index is 0.115. The summed E-state index contributed by atoms with van der Waals surface area (Å²) >= 11 is 0. The van der Waals surface area contributed by atoms with E-state index >= 15 is 0 Å². The lowest BCUT2D eigenvalue weighted by atomic mass is 9.94. The number of benzene rings is 3. The van der Waals surface area contributed by atoms with Crippen LogP contribution in [-0.4, -0.2) is 23.3 Å². The van der Waals surface area contributed by atoms with Crippen molar-refractivity contribution in [2.45, 2.75) is 32.4 Å². The number of carbonyl (C=O) groups is 2. The normalized spacial score (nSPS) is 14.6. The lowest BCUT2D eigenvalue weighted by Crippen LogP contribution is -2.30. The van der Waals surface area contributed by atoms with Gasteiger partial charge in [-0.3, -0.25) is 9.59 Å². The minimum atomic E-state index is -0.221. The van der Waals surface area contributed by atoms with Crippen LogP contribution in [0.25, 0.3) is 0 Å². The average Bonchev–Trinajstić information content (AvgIpc) is 3.18. The standard InChI is InChI=1S/C26H26N2O2/c1-19-8-5-6-11-23(19)25(21-9-3-2-4-10-21)27-26(30)22-15-13-20(14-16-22)18-28-17-7-12-24(28)29/h2-6,8-11,13-16,25H,7,12,17-18H2,1H3,(H,27,30). The zero-order chi connectivity index (χ0) is 20.9. The van der Waals surface area contributed by atoms with Crippen LogP contribution in [-0.2, 0) is 11.3 Å². The first kappa shape index (κ1) is 19.9. The molecule has 30 heavy (non-hydrogen) atoms. The first-order valence-corrected chi connectivity index (χ1v) is 10.4. The van der Waals surface area contributed by atoms with Crippen molar-refractivity contribution >= 4 is 11.8 Å². The molecular formula is C26H26N2O2. The summed E-state index contributed by atoms with van der Waals surface area (Å²) in [5, 5.41) is 3.20. The van der Waals surface area contributed by atoms with Gasteiger partial charge in [-0.2, -0.15) is 0 Å². The number of hydrogen-bond acceptors (Lipinski definition) is 2. The minimum Gasteiger partial charge on any atom is -0.341 e. The maximum Gasteiger partial charge on any atom is 0.252 e. The Kier molecular flexibility index (Phi) is 5.94. The van der Waals surface area contributed by atoms with Gasteiger partial charge in [0.25, 0.3) is 5.91 Å². The molecule has 3 aromatic rings. The number of hydrogen-bond donors (Lipinski definition) is 1. The Bertz CT molecular complexity index is 1030. The molecule has 4 heteroatoms. The van der Waals surface area contributed by atoms with Crippen molar-refractivity contribution in [3.05, 3.63) is 107 Å². The predicted octanol–water partition coefficient (Wildman–Crippen LogP) is 4.64. The maximum atomic E-state index is 13.0. The molecule has 1 atom stereocenters. The van der Waals surface area contributed by atoms with Crippen LogP contribution in [0.3, 0.4) is 0 Å². The van der Waals surface area contributed by atoms with Gasteiger partial charge in [-0.05, 0) is 47.7 Å². The van der Waals surface area contributed by atoms with Crippen molar-refractivity contribution < 1.29 is 9.59 Å². The number of nitrogens with zero attached hydrogens (tertiary/aromatic N) is 1. The fraction of sp³-hybridized carbons (Fsp3) is 0.231. The predicted molar refractivity (Wildman–Crippen MR) is 118 cm³/mol. The van der Waals surface area contributed by atoms with Gasteiger partial charge in [0.05, 0.1) is 6.04 Å². The summed E-state index contributed by atoms with van der Waals surface area (Å²) < 4.78 is 0. The van der Waals surface area contributed by atoms with E-state index in [9.17, 15) is 9.59 Å². The van der Waals surface area contributed by atoms with Crippen molar-refractivity contribution in [2.24, 2.45) is 0 Å². The van der Waals surface area contributed by atoms with E-state index in [1.807, 2.05) is 71.6 Å². The fourth-order valence-corrected chi connectivity index (χ4v) is 3.96. The van der Waals surface area contributed by atoms with Gasteiger partial charge < -0.3 is 10.2 Å². The first-order valence-electron chi connectivity index (χ1n) is 10.4. The maximum absolute atomic E-state index is 13.0. The molecule has 4 rings (SSSR count). The van der Waals surface area contributed by atoms with Crippen LogP contribution in [0.1, 0.15) is 51.5 Å². The molecule has 0 aliphatic carbocycles. The molecule has 0 bridgehead atoms. The van der Waals surface area contributed by atoms with E-state index in [0.29, 0.717) is 18.5 Å². The van der Waals surface area contributed by atoms with Gasteiger partial charge in [0.15, 0.2) is 0 Å². The van der Waals surface area contributed by atoms with Crippen molar-refractivity contribution in [2.75, 3.05) is 6.54 Å². The Morgan fingerprint density at radius 2 is 1.67 bits per heavy atom. The number of aryl methyl sites for hydroxylation is 1. The smallest absolute Gasteiger partial charge is 0.252 e. The molecule has 0 spiro atoms. The van der Waals surface area contributed by atoms with Crippen molar-refractivity contribution in [1.82, 2.24) is 10.2 Å². The monoisotopic (exact) mass is 398 g/mol. The largest absolute Gasteiger partial charge is 0.341 e. The summed E-state index contributed by atoms with van der Waals surface area (Å²) in [6.07, 6.45) is 1.57. The summed E-state index contributed by atoms with van der Waals surface area (Å²) in [6, 6.07) is 25.5. The van der Waals surface area contributed by atoms with Crippen molar-refractivity contribution in [3.63, 3.8) is 0 Å². The molecule has 1 unspecified atom stereocenters. The van der Waals surface area contributed by atoms with E-state index in [4.69, 9.17) is 0 Å². The summed E-state index contributed by atoms with van der Waals surface area (Å²) in [6.45, 7) is 3.48. The van der Waals surface area contributed by atoms with Gasteiger partial charge in [0.2, 0.25) is 5.91 Å². The van der Waals surface area contributed by atoms with Gasteiger partial charge in [0.1, 0.15) is 0 Å². The van der Waals surface area contributed by atoms with Gasteiger partial charge in [-0.25, -0.2) is 0 Å². The average molecular weight is 399 g/mol. The second kappa shape index (κ2) is 8.95. The Balaban J connectivity index is 1.52. The lowest BCUT2D eigenvalue weighted by Gasteiger charge is -2.22. The van der Waals surface area contributed by atoms with Gasteiger partial charge >= 0.3 is 0 Å². The van der Waals surface area contributed by atoms with Crippen LogP contribution in [0.4, 0.5) is 0 Å². The molecule has 1 aliphatic rings. The number of likely N-dealkylation sites (tertiary alicyclic amines) is 1. The number of rotatable bonds is 6. The summed E-state index contributed by atoms with van der Waals surface area (Å²) in [5.74, 6) is 0.0941. The SMILES string of the molecule is Cc1ccccc1C(NC(=O)c1ccc(CN2CCCC2=O)cc1)c1ccccc1. The molecule has 1 aliphatic heterocycles. The highest BCUT2D eigenvalue weighted by Gasteiger charge is 2.21. The molecule has 0 radical (unpaired) electrons. The molecule has 1 N–H and O–H groups in total. The molecule has 1 saturated heterocycles. The Hall–Kier alpha value is -3.40. The summed E-state index contributed by atoms with van der Waals surface area (Å²) in [7, 11) is 0. The second-order valence-corrected chi connectivity index (χ2v) is 7.79. The quantitative estimate of drug-likeness (QED) is 0.658. The molecule has 4 nitrogen and oxygen atoms in total. The van der Waals surface area contributed by atoms with E-state index in [1.54, 1.807) is 0 Å². The second-order valence-electron chi connectivity index (χ2n) is 7.79. The number of carbonyl (C=O) groups excluding carboxylic acids is 2. The van der Waals surface area contributed by atoms with Gasteiger partial charge in [0, 0.05) is 25.1 Å². The van der Waals surface area contributed by atoms with E-state index in [1.165, 1.54) is 0 Å². The Labute approximate surface area is 177 Å². The molecule has 1 heterocycles. The highest BCUT2D eigenvalue weighted by atomic mass is 16.2. The highest BCUT2D eigenvalue weighted by Crippen LogP contribution is 2.25. The Morgan fingerprint density at radius 3 is 2.33 bits per heavy atom. The molecule has 1 fully saturated rings. The van der Waals surface area contributed by atoms with Crippen LogP contribution in [0, 0.1) is 6.92 Å². The lowest BCUT2D eigenvalue weighted by molar-refractivity contribution is -0.128. The van der Waals surface area contributed by atoms with E-state index in [2.05, 4.69) is 24.4 Å². The summed E-state index contributed by atoms with van der Waals surface area (Å²) in [4.78, 5) is 26.8. The van der Waals surface area contributed by atoms with Crippen molar-refractivity contribution in [1.29, 1.82) is 0 Å². The van der Waals surface area contributed by atoms with Crippen LogP contribution in [0.2, 0.25) is 0 Å². The van der Waals surface area contributed by atoms with Crippen LogP contribution in [0.5, 0.6) is 0 Å². The molecule has 3 aromatic carbocycles. The molecule has 0 saturated carbocycles. The van der Waals surface area contributed by atoms with Gasteiger partial charge in [-0.1, -0.05) is 66.7 Å². The number of amides is 2. The third-order valence-corrected chi connectivity index (χ3v) is 5.67. The third kappa shape index (κ3) is 4.43. The first-order chi connectivity index (χ1) is 14.6. The molecule has 152 valence electrons. The zero-order valence-corrected chi connectivity index (χ0v) is 17.2. The van der Waals surface area contributed by atoms with Crippen LogP contribution < -0.4 is 5.32 Å². The van der Waals surface area contributed by atoms with Crippen LogP contribution in [0.15, 0.2) is 78.9 Å².